The molecule has 2 aromatic heterocycles. The van der Waals surface area contributed by atoms with Crippen LogP contribution in [-0.4, -0.2) is 47.1 Å². The molecule has 0 spiro atoms. The lowest BCUT2D eigenvalue weighted by Crippen LogP contribution is -2.37. The highest BCUT2D eigenvalue weighted by atomic mass is 32.1. The largest absolute Gasteiger partial charge is 0.484 e. The third kappa shape index (κ3) is 4.34. The maximum Gasteiger partial charge on any atom is 0.275 e. The van der Waals surface area contributed by atoms with E-state index < -0.39 is 0 Å². The van der Waals surface area contributed by atoms with Gasteiger partial charge in [-0.05, 0) is 38.3 Å². The number of hydrogen-bond acceptors (Lipinski definition) is 7. The number of aromatic nitrogens is 2. The highest BCUT2D eigenvalue weighted by molar-refractivity contribution is 7.18. The molecule has 3 heterocycles. The number of hydrogen-bond donors (Lipinski definition) is 0. The van der Waals surface area contributed by atoms with Crippen LogP contribution in [0.15, 0.2) is 28.9 Å². The highest BCUT2D eigenvalue weighted by Crippen LogP contribution is 2.26. The van der Waals surface area contributed by atoms with Gasteiger partial charge in [-0.2, -0.15) is 0 Å². The van der Waals surface area contributed by atoms with E-state index in [1.54, 1.807) is 23.3 Å². The molecule has 0 bridgehead atoms. The third-order valence-electron chi connectivity index (χ3n) is 4.70. The Hall–Kier alpha value is -2.45. The van der Waals surface area contributed by atoms with E-state index in [4.69, 9.17) is 13.9 Å². The van der Waals surface area contributed by atoms with Gasteiger partial charge >= 0.3 is 0 Å². The summed E-state index contributed by atoms with van der Waals surface area (Å²) >= 11 is 1.65. The number of likely N-dealkylation sites (N-methyl/N-ethyl adjacent to an activating group) is 1. The van der Waals surface area contributed by atoms with Gasteiger partial charge in [0.15, 0.2) is 12.3 Å². The van der Waals surface area contributed by atoms with E-state index >= 15 is 0 Å². The molecule has 1 aromatic carbocycles. The summed E-state index contributed by atoms with van der Waals surface area (Å²) in [5, 5.41) is 1.02. The van der Waals surface area contributed by atoms with E-state index in [0.29, 0.717) is 18.2 Å². The smallest absolute Gasteiger partial charge is 0.275 e. The average molecular weight is 401 g/mol. The fraction of sp³-hybridized carbons (Fsp3) is 0.450. The number of carbonyl (C=O) groups is 1. The first-order valence-corrected chi connectivity index (χ1v) is 10.2. The molecule has 1 amide bonds. The molecule has 0 N–H and O–H groups in total. The highest BCUT2D eigenvalue weighted by Gasteiger charge is 2.22. The van der Waals surface area contributed by atoms with Gasteiger partial charge in [0.1, 0.15) is 12.0 Å². The average Bonchev–Trinajstić information content (AvgIpc) is 3.31. The number of aryl methyl sites for hydroxylation is 1. The van der Waals surface area contributed by atoms with Crippen LogP contribution in [-0.2, 0) is 11.3 Å². The van der Waals surface area contributed by atoms with Gasteiger partial charge in [0.05, 0.1) is 21.3 Å². The number of amides is 1. The molecular weight excluding hydrogens is 378 g/mol. The van der Waals surface area contributed by atoms with Crippen LogP contribution in [0.5, 0.6) is 5.75 Å². The van der Waals surface area contributed by atoms with Crippen LogP contribution in [0.25, 0.3) is 10.2 Å². The molecule has 1 saturated heterocycles. The molecule has 148 valence electrons. The second-order valence-corrected chi connectivity index (χ2v) is 8.19. The van der Waals surface area contributed by atoms with Crippen molar-refractivity contribution in [2.45, 2.75) is 38.9 Å². The Kier molecular flexibility index (Phi) is 5.59. The zero-order valence-corrected chi connectivity index (χ0v) is 16.8. The maximum atomic E-state index is 12.6. The van der Waals surface area contributed by atoms with Gasteiger partial charge in [0, 0.05) is 26.3 Å². The van der Waals surface area contributed by atoms with Crippen molar-refractivity contribution in [1.29, 1.82) is 0 Å². The van der Waals surface area contributed by atoms with Crippen LogP contribution in [0.4, 0.5) is 0 Å². The van der Waals surface area contributed by atoms with Crippen molar-refractivity contribution in [1.82, 2.24) is 14.9 Å². The molecule has 1 fully saturated rings. The van der Waals surface area contributed by atoms with Crippen LogP contribution in [0.3, 0.4) is 0 Å². The molecule has 4 rings (SSSR count). The summed E-state index contributed by atoms with van der Waals surface area (Å²) < 4.78 is 18.0. The molecule has 1 aliphatic heterocycles. The summed E-state index contributed by atoms with van der Waals surface area (Å²) in [7, 11) is 1.76. The SMILES string of the molecule is Cc1nc2cc(OCc3nc(C(=O)N(C)C[C@@H]4CCCCO4)co3)ccc2s1. The summed E-state index contributed by atoms with van der Waals surface area (Å²) in [6.45, 7) is 3.46. The van der Waals surface area contributed by atoms with Gasteiger partial charge in [-0.3, -0.25) is 4.79 Å². The van der Waals surface area contributed by atoms with Crippen molar-refractivity contribution < 1.29 is 18.7 Å². The Bertz CT molecular complexity index is 961. The predicted octanol–water partition coefficient (Wildman–Crippen LogP) is 3.81. The molecule has 7 nitrogen and oxygen atoms in total. The minimum absolute atomic E-state index is 0.0988. The van der Waals surface area contributed by atoms with Gasteiger partial charge in [-0.15, -0.1) is 11.3 Å². The summed E-state index contributed by atoms with van der Waals surface area (Å²) in [5.41, 5.74) is 1.19. The molecule has 28 heavy (non-hydrogen) atoms. The number of rotatable bonds is 6. The first-order chi connectivity index (χ1) is 13.6. The van der Waals surface area contributed by atoms with Crippen LogP contribution in [0, 0.1) is 6.92 Å². The number of benzene rings is 1. The number of fused-ring (bicyclic) bond motifs is 1. The number of oxazole rings is 1. The van der Waals surface area contributed by atoms with E-state index in [9.17, 15) is 4.79 Å². The topological polar surface area (TPSA) is 77.7 Å². The van der Waals surface area contributed by atoms with Crippen molar-refractivity contribution in [3.05, 3.63) is 41.1 Å². The van der Waals surface area contributed by atoms with Crippen molar-refractivity contribution in [2.24, 2.45) is 0 Å². The summed E-state index contributed by atoms with van der Waals surface area (Å²) in [6, 6.07) is 5.78. The first kappa shape index (κ1) is 18.9. The monoisotopic (exact) mass is 401 g/mol. The number of ether oxygens (including phenoxy) is 2. The summed E-state index contributed by atoms with van der Waals surface area (Å²) in [4.78, 5) is 22.9. The van der Waals surface area contributed by atoms with E-state index in [-0.39, 0.29) is 24.3 Å². The molecule has 1 atom stereocenters. The van der Waals surface area contributed by atoms with Gasteiger partial charge < -0.3 is 18.8 Å². The number of thiazole rings is 1. The predicted molar refractivity (Wildman–Crippen MR) is 106 cm³/mol. The molecule has 0 saturated carbocycles. The quantitative estimate of drug-likeness (QED) is 0.625. The fourth-order valence-electron chi connectivity index (χ4n) is 3.27. The Morgan fingerprint density at radius 3 is 3.07 bits per heavy atom. The lowest BCUT2D eigenvalue weighted by Gasteiger charge is -2.26. The van der Waals surface area contributed by atoms with Gasteiger partial charge in [-0.25, -0.2) is 9.97 Å². The zero-order chi connectivity index (χ0) is 19.5. The van der Waals surface area contributed by atoms with Crippen molar-refractivity contribution in [2.75, 3.05) is 20.2 Å². The molecule has 0 unspecified atom stereocenters. The maximum absolute atomic E-state index is 12.6. The Balaban J connectivity index is 1.34. The lowest BCUT2D eigenvalue weighted by molar-refractivity contribution is -0.000293. The molecular formula is C20H23N3O4S. The molecule has 0 aliphatic carbocycles. The third-order valence-corrected chi connectivity index (χ3v) is 5.65. The summed E-state index contributed by atoms with van der Waals surface area (Å²) in [5.74, 6) is 0.874. The molecule has 0 radical (unpaired) electrons. The standard InChI is InChI=1S/C20H23N3O4S/c1-13-21-16-9-14(6-7-18(16)28-13)26-12-19-22-17(11-27-19)20(24)23(2)10-15-5-3-4-8-25-15/h6-7,9,11,15H,3-5,8,10,12H2,1-2H3/t15-/m0/s1. The number of nitrogens with zero attached hydrogens (tertiary/aromatic N) is 3. The van der Waals surface area contributed by atoms with Crippen molar-refractivity contribution in [3.63, 3.8) is 0 Å². The Morgan fingerprint density at radius 1 is 1.36 bits per heavy atom. The first-order valence-electron chi connectivity index (χ1n) is 9.40. The van der Waals surface area contributed by atoms with Gasteiger partial charge in [0.2, 0.25) is 5.89 Å². The minimum atomic E-state index is -0.177. The van der Waals surface area contributed by atoms with Gasteiger partial charge in [-0.1, -0.05) is 0 Å². The van der Waals surface area contributed by atoms with Crippen LogP contribution >= 0.6 is 11.3 Å². The van der Waals surface area contributed by atoms with Crippen LogP contribution in [0.2, 0.25) is 0 Å². The van der Waals surface area contributed by atoms with E-state index in [0.717, 1.165) is 41.1 Å². The number of carbonyl (C=O) groups excluding carboxylic acids is 1. The normalized spacial score (nSPS) is 17.0. The zero-order valence-electron chi connectivity index (χ0n) is 16.0. The second kappa shape index (κ2) is 8.28. The van der Waals surface area contributed by atoms with Crippen molar-refractivity contribution >= 4 is 27.5 Å². The molecule has 1 aliphatic rings. The summed E-state index contributed by atoms with van der Waals surface area (Å²) in [6.07, 6.45) is 4.70. The van der Waals surface area contributed by atoms with E-state index in [1.165, 1.54) is 6.26 Å². The Labute approximate surface area is 167 Å². The minimum Gasteiger partial charge on any atom is -0.484 e. The lowest BCUT2D eigenvalue weighted by atomic mass is 10.1. The molecule has 8 heteroatoms. The second-order valence-electron chi connectivity index (χ2n) is 6.95. The van der Waals surface area contributed by atoms with Crippen LogP contribution in [0.1, 0.15) is 40.6 Å². The van der Waals surface area contributed by atoms with Crippen LogP contribution < -0.4 is 4.74 Å². The van der Waals surface area contributed by atoms with E-state index in [2.05, 4.69) is 9.97 Å². The van der Waals surface area contributed by atoms with Crippen molar-refractivity contribution in [3.8, 4) is 5.75 Å². The fourth-order valence-corrected chi connectivity index (χ4v) is 4.08. The van der Waals surface area contributed by atoms with E-state index in [1.807, 2.05) is 25.1 Å². The molecule has 3 aromatic rings. The Morgan fingerprint density at radius 2 is 2.25 bits per heavy atom. The van der Waals surface area contributed by atoms with Gasteiger partial charge in [0.25, 0.3) is 5.91 Å².